The zero-order chi connectivity index (χ0) is 13.5. The minimum atomic E-state index is 0.218. The monoisotopic (exact) mass is 259 g/mol. The molecule has 1 aromatic heterocycles. The third-order valence-electron chi connectivity index (χ3n) is 3.33. The van der Waals surface area contributed by atoms with Crippen molar-refractivity contribution in [3.8, 4) is 0 Å². The number of hydrogen-bond donors (Lipinski definition) is 2. The molecular weight excluding hydrogens is 238 g/mol. The first-order valence-corrected chi connectivity index (χ1v) is 6.65. The van der Waals surface area contributed by atoms with Gasteiger partial charge in [0.15, 0.2) is 0 Å². The molecule has 0 fully saturated rings. The van der Waals surface area contributed by atoms with E-state index < -0.39 is 0 Å². The number of nitrogens with zero attached hydrogens (tertiary/aromatic N) is 2. The third-order valence-corrected chi connectivity index (χ3v) is 3.33. The highest BCUT2D eigenvalue weighted by Gasteiger charge is 2.14. The van der Waals surface area contributed by atoms with E-state index in [0.29, 0.717) is 6.04 Å². The van der Waals surface area contributed by atoms with Gasteiger partial charge in [0.25, 0.3) is 0 Å². The second kappa shape index (κ2) is 7.07. The molecule has 0 saturated carbocycles. The summed E-state index contributed by atoms with van der Waals surface area (Å²) in [7, 11) is 0. The van der Waals surface area contributed by atoms with Crippen molar-refractivity contribution in [3.05, 3.63) is 54.1 Å². The van der Waals surface area contributed by atoms with Crippen LogP contribution in [0.15, 0.2) is 42.9 Å². The van der Waals surface area contributed by atoms with E-state index in [4.69, 9.17) is 5.11 Å². The van der Waals surface area contributed by atoms with Gasteiger partial charge in [-0.2, -0.15) is 0 Å². The molecule has 0 amide bonds. The van der Waals surface area contributed by atoms with Crippen LogP contribution in [-0.4, -0.2) is 32.6 Å². The van der Waals surface area contributed by atoms with E-state index in [1.807, 2.05) is 12.3 Å². The van der Waals surface area contributed by atoms with Gasteiger partial charge in [-0.25, -0.2) is 4.98 Å². The zero-order valence-corrected chi connectivity index (χ0v) is 11.3. The molecule has 0 radical (unpaired) electrons. The van der Waals surface area contributed by atoms with Crippen LogP contribution in [0, 0.1) is 0 Å². The molecule has 0 aliphatic rings. The van der Waals surface area contributed by atoms with Crippen molar-refractivity contribution in [3.63, 3.8) is 0 Å². The van der Waals surface area contributed by atoms with Gasteiger partial charge in [-0.15, -0.1) is 0 Å². The fraction of sp³-hybridized carbons (Fsp3) is 0.400. The summed E-state index contributed by atoms with van der Waals surface area (Å²) in [5.74, 6) is 0. The van der Waals surface area contributed by atoms with Gasteiger partial charge in [0.1, 0.15) is 0 Å². The number of aromatic nitrogens is 2. The lowest BCUT2D eigenvalue weighted by atomic mass is 10.1. The molecule has 0 spiro atoms. The van der Waals surface area contributed by atoms with Crippen LogP contribution in [0.4, 0.5) is 0 Å². The molecule has 2 rings (SSSR count). The summed E-state index contributed by atoms with van der Waals surface area (Å²) in [4.78, 5) is 9.54. The minimum Gasteiger partial charge on any atom is -0.396 e. The fourth-order valence-electron chi connectivity index (χ4n) is 2.14. The summed E-state index contributed by atoms with van der Waals surface area (Å²) in [6, 6.07) is 10.7. The molecule has 2 aromatic rings. The molecule has 1 aromatic carbocycles. The molecule has 19 heavy (non-hydrogen) atoms. The maximum absolute atomic E-state index is 9.13. The number of rotatable bonds is 7. The topological polar surface area (TPSA) is 52.1 Å². The predicted molar refractivity (Wildman–Crippen MR) is 75.4 cm³/mol. The van der Waals surface area contributed by atoms with Crippen LogP contribution in [0.5, 0.6) is 0 Å². The maximum Gasteiger partial charge on any atom is 0.0922 e. The van der Waals surface area contributed by atoms with E-state index in [0.717, 1.165) is 25.2 Å². The Morgan fingerprint density at radius 2 is 2.05 bits per heavy atom. The average Bonchev–Trinajstić information content (AvgIpc) is 2.92. The van der Waals surface area contributed by atoms with Gasteiger partial charge in [0.2, 0.25) is 0 Å². The molecule has 0 aliphatic heterocycles. The number of benzene rings is 1. The molecule has 1 atom stereocenters. The Morgan fingerprint density at radius 3 is 2.68 bits per heavy atom. The first-order chi connectivity index (χ1) is 9.29. The van der Waals surface area contributed by atoms with Crippen LogP contribution in [0.25, 0.3) is 0 Å². The maximum atomic E-state index is 9.13. The lowest BCUT2D eigenvalue weighted by Crippen LogP contribution is -2.33. The molecule has 4 heteroatoms. The first-order valence-electron chi connectivity index (χ1n) is 6.65. The highest BCUT2D eigenvalue weighted by atomic mass is 16.3. The van der Waals surface area contributed by atoms with Gasteiger partial charge < -0.3 is 10.1 Å². The van der Waals surface area contributed by atoms with Crippen LogP contribution in [0.1, 0.15) is 24.6 Å². The van der Waals surface area contributed by atoms with Crippen molar-refractivity contribution in [1.82, 2.24) is 14.9 Å². The lowest BCUT2D eigenvalue weighted by molar-refractivity contribution is 0.152. The van der Waals surface area contributed by atoms with Crippen LogP contribution in [0.3, 0.4) is 0 Å². The number of nitrogens with one attached hydrogen (secondary N) is 1. The predicted octanol–water partition coefficient (Wildman–Crippen LogP) is 2.18. The quantitative estimate of drug-likeness (QED) is 0.801. The van der Waals surface area contributed by atoms with E-state index in [9.17, 15) is 0 Å². The Kier molecular flexibility index (Phi) is 5.12. The standard InChI is InChI=1S/C15H21N3O/c1-13(7-8-19)18(11-15-9-16-12-17-15)10-14-5-3-2-4-6-14/h2-6,9,12-13,19H,7-8,10-11H2,1H3,(H,16,17). The molecule has 102 valence electrons. The van der Waals surface area contributed by atoms with Gasteiger partial charge >= 0.3 is 0 Å². The molecule has 2 N–H and O–H groups in total. The van der Waals surface area contributed by atoms with Crippen LogP contribution >= 0.6 is 0 Å². The summed E-state index contributed by atoms with van der Waals surface area (Å²) < 4.78 is 0. The number of aliphatic hydroxyl groups is 1. The van der Waals surface area contributed by atoms with Crippen molar-refractivity contribution in [1.29, 1.82) is 0 Å². The largest absolute Gasteiger partial charge is 0.396 e. The molecule has 0 aliphatic carbocycles. The molecule has 0 saturated heterocycles. The number of hydrogen-bond acceptors (Lipinski definition) is 3. The molecule has 4 nitrogen and oxygen atoms in total. The molecule has 0 bridgehead atoms. The van der Waals surface area contributed by atoms with E-state index in [1.54, 1.807) is 6.33 Å². The summed E-state index contributed by atoms with van der Waals surface area (Å²) in [5.41, 5.74) is 2.38. The summed E-state index contributed by atoms with van der Waals surface area (Å²) >= 11 is 0. The molecular formula is C15H21N3O. The summed E-state index contributed by atoms with van der Waals surface area (Å²) in [6.07, 6.45) is 4.33. The Bertz CT molecular complexity index is 456. The number of H-pyrrole nitrogens is 1. The second-order valence-corrected chi connectivity index (χ2v) is 4.83. The summed E-state index contributed by atoms with van der Waals surface area (Å²) in [5, 5.41) is 9.13. The third kappa shape index (κ3) is 4.19. The average molecular weight is 259 g/mol. The van der Waals surface area contributed by atoms with E-state index in [1.165, 1.54) is 5.56 Å². The number of aliphatic hydroxyl groups excluding tert-OH is 1. The smallest absolute Gasteiger partial charge is 0.0922 e. The van der Waals surface area contributed by atoms with Gasteiger partial charge in [-0.05, 0) is 18.9 Å². The van der Waals surface area contributed by atoms with E-state index >= 15 is 0 Å². The van der Waals surface area contributed by atoms with Gasteiger partial charge in [0.05, 0.1) is 6.33 Å². The summed E-state index contributed by atoms with van der Waals surface area (Å²) in [6.45, 7) is 4.06. The first kappa shape index (κ1) is 13.8. The zero-order valence-electron chi connectivity index (χ0n) is 11.3. The normalized spacial score (nSPS) is 12.8. The van der Waals surface area contributed by atoms with Crippen molar-refractivity contribution >= 4 is 0 Å². The van der Waals surface area contributed by atoms with Crippen molar-refractivity contribution in [2.24, 2.45) is 0 Å². The lowest BCUT2D eigenvalue weighted by Gasteiger charge is -2.28. The minimum absolute atomic E-state index is 0.218. The SMILES string of the molecule is CC(CCO)N(Cc1ccccc1)Cc1cnc[nH]1. The highest BCUT2D eigenvalue weighted by Crippen LogP contribution is 2.13. The number of imidazole rings is 1. The van der Waals surface area contributed by atoms with E-state index in [2.05, 4.69) is 46.1 Å². The Balaban J connectivity index is 2.05. The highest BCUT2D eigenvalue weighted by molar-refractivity contribution is 5.14. The van der Waals surface area contributed by atoms with Crippen molar-refractivity contribution < 1.29 is 5.11 Å². The Morgan fingerprint density at radius 1 is 1.26 bits per heavy atom. The van der Waals surface area contributed by atoms with Crippen LogP contribution in [0.2, 0.25) is 0 Å². The van der Waals surface area contributed by atoms with Crippen molar-refractivity contribution in [2.75, 3.05) is 6.61 Å². The van der Waals surface area contributed by atoms with E-state index in [-0.39, 0.29) is 6.61 Å². The van der Waals surface area contributed by atoms with Gasteiger partial charge in [-0.1, -0.05) is 30.3 Å². The number of aromatic amines is 1. The van der Waals surface area contributed by atoms with Gasteiger partial charge in [0, 0.05) is 37.6 Å². The second-order valence-electron chi connectivity index (χ2n) is 4.83. The van der Waals surface area contributed by atoms with Crippen molar-refractivity contribution in [2.45, 2.75) is 32.5 Å². The fourth-order valence-corrected chi connectivity index (χ4v) is 2.14. The Labute approximate surface area is 114 Å². The van der Waals surface area contributed by atoms with Gasteiger partial charge in [-0.3, -0.25) is 4.90 Å². The van der Waals surface area contributed by atoms with Crippen LogP contribution in [-0.2, 0) is 13.1 Å². The van der Waals surface area contributed by atoms with Crippen LogP contribution < -0.4 is 0 Å². The molecule has 1 heterocycles. The molecule has 1 unspecified atom stereocenters. The Hall–Kier alpha value is -1.65.